The Morgan fingerprint density at radius 1 is 1.23 bits per heavy atom. The predicted molar refractivity (Wildman–Crippen MR) is 79.2 cm³/mol. The van der Waals surface area contributed by atoms with Crippen LogP contribution in [-0.4, -0.2) is 31.9 Å². The zero-order chi connectivity index (χ0) is 15.7. The molecule has 0 fully saturated rings. The summed E-state index contributed by atoms with van der Waals surface area (Å²) in [5, 5.41) is 19.7. The second kappa shape index (κ2) is 5.36. The van der Waals surface area contributed by atoms with Crippen LogP contribution < -0.4 is 10.3 Å². The van der Waals surface area contributed by atoms with Crippen LogP contribution in [-0.2, 0) is 6.54 Å². The first kappa shape index (κ1) is 13.9. The highest BCUT2D eigenvalue weighted by Crippen LogP contribution is 2.37. The smallest absolute Gasteiger partial charge is 0.265 e. The number of fused-ring (bicyclic) bond motifs is 1. The van der Waals surface area contributed by atoms with Crippen LogP contribution in [0, 0.1) is 0 Å². The Bertz CT molecular complexity index is 891. The summed E-state index contributed by atoms with van der Waals surface area (Å²) < 4.78 is 6.38. The predicted octanol–water partition coefficient (Wildman–Crippen LogP) is 1.26. The van der Waals surface area contributed by atoms with Gasteiger partial charge in [0.25, 0.3) is 5.56 Å². The van der Waals surface area contributed by atoms with Gasteiger partial charge in [-0.1, -0.05) is 6.07 Å². The molecule has 0 unspecified atom stereocenters. The maximum absolute atomic E-state index is 12.5. The fraction of sp³-hybridized carbons (Fsp3) is 0.133. The van der Waals surface area contributed by atoms with Crippen molar-refractivity contribution < 1.29 is 14.9 Å². The molecule has 0 amide bonds. The number of hydrogen-bond acceptors (Lipinski definition) is 6. The highest BCUT2D eigenvalue weighted by atomic mass is 16.5. The second-order valence-corrected chi connectivity index (χ2v) is 4.67. The van der Waals surface area contributed by atoms with Gasteiger partial charge >= 0.3 is 0 Å². The number of nitrogens with zero attached hydrogens (tertiary/aromatic N) is 3. The van der Waals surface area contributed by atoms with Gasteiger partial charge in [-0.15, -0.1) is 0 Å². The summed E-state index contributed by atoms with van der Waals surface area (Å²) in [5.41, 5.74) is 0.365. The van der Waals surface area contributed by atoms with Gasteiger partial charge in [-0.25, -0.2) is 4.98 Å². The monoisotopic (exact) mass is 299 g/mol. The lowest BCUT2D eigenvalue weighted by atomic mass is 10.2. The van der Waals surface area contributed by atoms with Crippen molar-refractivity contribution in [3.63, 3.8) is 0 Å². The Morgan fingerprint density at radius 2 is 2.05 bits per heavy atom. The third-order valence-corrected chi connectivity index (χ3v) is 3.28. The molecule has 112 valence electrons. The van der Waals surface area contributed by atoms with Gasteiger partial charge in [-0.2, -0.15) is 0 Å². The molecule has 3 aromatic rings. The van der Waals surface area contributed by atoms with Gasteiger partial charge in [-0.05, 0) is 12.1 Å². The number of aromatic hydroxyl groups is 2. The molecule has 0 atom stereocenters. The summed E-state index contributed by atoms with van der Waals surface area (Å²) in [6.07, 6.45) is 2.97. The van der Waals surface area contributed by atoms with Crippen molar-refractivity contribution >= 4 is 10.9 Å². The van der Waals surface area contributed by atoms with Crippen LogP contribution in [0.4, 0.5) is 0 Å². The van der Waals surface area contributed by atoms with Crippen molar-refractivity contribution in [1.82, 2.24) is 14.5 Å². The topological polar surface area (TPSA) is 97.5 Å². The average Bonchev–Trinajstić information content (AvgIpc) is 2.51. The molecule has 2 aromatic heterocycles. The molecule has 0 saturated heterocycles. The van der Waals surface area contributed by atoms with Gasteiger partial charge in [0.15, 0.2) is 11.5 Å². The lowest BCUT2D eigenvalue weighted by molar-refractivity contribution is 0.374. The van der Waals surface area contributed by atoms with Crippen LogP contribution in [0.1, 0.15) is 5.69 Å². The van der Waals surface area contributed by atoms with Crippen LogP contribution in [0.15, 0.2) is 41.6 Å². The van der Waals surface area contributed by atoms with E-state index in [1.54, 1.807) is 18.3 Å². The molecule has 3 rings (SSSR count). The van der Waals surface area contributed by atoms with E-state index < -0.39 is 5.56 Å². The fourth-order valence-electron chi connectivity index (χ4n) is 2.26. The molecule has 22 heavy (non-hydrogen) atoms. The molecule has 0 radical (unpaired) electrons. The molecule has 0 spiro atoms. The largest absolute Gasteiger partial charge is 0.507 e. The van der Waals surface area contributed by atoms with Gasteiger partial charge in [0.1, 0.15) is 16.7 Å². The zero-order valence-corrected chi connectivity index (χ0v) is 11.7. The average molecular weight is 299 g/mol. The quantitative estimate of drug-likeness (QED) is 0.755. The van der Waals surface area contributed by atoms with E-state index in [4.69, 9.17) is 4.74 Å². The van der Waals surface area contributed by atoms with Gasteiger partial charge < -0.3 is 14.9 Å². The summed E-state index contributed by atoms with van der Waals surface area (Å²) in [5.74, 6) is -0.571. The number of phenolic OH excluding ortho intramolecular Hbond substituents is 2. The molecule has 0 aliphatic heterocycles. The standard InChI is InChI=1S/C15H13N3O4/c1-22-14-11(20)6-10(19)12-13(14)17-8-18(15(12)21)7-9-4-2-3-5-16-9/h2-6,8,19-20H,7H2,1H3. The summed E-state index contributed by atoms with van der Waals surface area (Å²) >= 11 is 0. The molecule has 7 heteroatoms. The lowest BCUT2D eigenvalue weighted by Gasteiger charge is -2.10. The first-order valence-electron chi connectivity index (χ1n) is 6.49. The minimum atomic E-state index is -0.438. The van der Waals surface area contributed by atoms with Gasteiger partial charge in [-0.3, -0.25) is 14.3 Å². The molecule has 7 nitrogen and oxygen atoms in total. The van der Waals surface area contributed by atoms with Crippen LogP contribution in [0.2, 0.25) is 0 Å². The number of benzene rings is 1. The SMILES string of the molecule is COc1c(O)cc(O)c2c(=O)n(Cc3ccccn3)cnc12. The van der Waals surface area contributed by atoms with E-state index in [-0.39, 0.29) is 34.7 Å². The number of pyridine rings is 1. The van der Waals surface area contributed by atoms with Crippen molar-refractivity contribution in [2.45, 2.75) is 6.54 Å². The lowest BCUT2D eigenvalue weighted by Crippen LogP contribution is -2.21. The number of phenols is 2. The van der Waals surface area contributed by atoms with Crippen molar-refractivity contribution in [3.05, 3.63) is 52.8 Å². The van der Waals surface area contributed by atoms with Crippen molar-refractivity contribution in [3.8, 4) is 17.2 Å². The van der Waals surface area contributed by atoms with E-state index in [0.29, 0.717) is 5.69 Å². The minimum Gasteiger partial charge on any atom is -0.507 e. The number of methoxy groups -OCH3 is 1. The van der Waals surface area contributed by atoms with E-state index in [9.17, 15) is 15.0 Å². The van der Waals surface area contributed by atoms with Crippen LogP contribution in [0.5, 0.6) is 17.2 Å². The van der Waals surface area contributed by atoms with Crippen LogP contribution in [0.25, 0.3) is 10.9 Å². The number of ether oxygens (including phenoxy) is 1. The molecule has 1 aromatic carbocycles. The van der Waals surface area contributed by atoms with Crippen LogP contribution >= 0.6 is 0 Å². The highest BCUT2D eigenvalue weighted by Gasteiger charge is 2.17. The molecule has 2 heterocycles. The molecular formula is C15H13N3O4. The maximum Gasteiger partial charge on any atom is 0.265 e. The zero-order valence-electron chi connectivity index (χ0n) is 11.7. The Morgan fingerprint density at radius 3 is 2.73 bits per heavy atom. The molecular weight excluding hydrogens is 286 g/mol. The minimum absolute atomic E-state index is 0.00641. The van der Waals surface area contributed by atoms with Crippen molar-refractivity contribution in [2.24, 2.45) is 0 Å². The van der Waals surface area contributed by atoms with E-state index in [1.165, 1.54) is 18.0 Å². The fourth-order valence-corrected chi connectivity index (χ4v) is 2.26. The van der Waals surface area contributed by atoms with E-state index in [0.717, 1.165) is 6.07 Å². The van der Waals surface area contributed by atoms with Gasteiger partial charge in [0, 0.05) is 12.3 Å². The van der Waals surface area contributed by atoms with Gasteiger partial charge in [0.2, 0.25) is 0 Å². The molecule has 0 bridgehead atoms. The van der Waals surface area contributed by atoms with Crippen molar-refractivity contribution in [1.29, 1.82) is 0 Å². The summed E-state index contributed by atoms with van der Waals surface area (Å²) in [7, 11) is 1.35. The summed E-state index contributed by atoms with van der Waals surface area (Å²) in [6, 6.07) is 6.45. The van der Waals surface area contributed by atoms with E-state index in [2.05, 4.69) is 9.97 Å². The second-order valence-electron chi connectivity index (χ2n) is 4.67. The molecule has 2 N–H and O–H groups in total. The Hall–Kier alpha value is -3.09. The maximum atomic E-state index is 12.5. The Balaban J connectivity index is 2.20. The first-order valence-corrected chi connectivity index (χ1v) is 6.49. The first-order chi connectivity index (χ1) is 10.6. The third-order valence-electron chi connectivity index (χ3n) is 3.28. The van der Waals surface area contributed by atoms with E-state index >= 15 is 0 Å². The normalized spacial score (nSPS) is 10.8. The number of rotatable bonds is 3. The Kier molecular flexibility index (Phi) is 3.38. The number of aromatic nitrogens is 3. The van der Waals surface area contributed by atoms with Crippen LogP contribution in [0.3, 0.4) is 0 Å². The molecule has 0 aliphatic carbocycles. The Labute approximate surface area is 125 Å². The number of hydrogen-bond donors (Lipinski definition) is 2. The third kappa shape index (κ3) is 2.22. The van der Waals surface area contributed by atoms with E-state index in [1.807, 2.05) is 6.07 Å². The van der Waals surface area contributed by atoms with Crippen molar-refractivity contribution in [2.75, 3.05) is 7.11 Å². The van der Waals surface area contributed by atoms with Gasteiger partial charge in [0.05, 0.1) is 25.7 Å². The molecule has 0 aliphatic rings. The summed E-state index contributed by atoms with van der Waals surface area (Å²) in [6.45, 7) is 0.227. The highest BCUT2D eigenvalue weighted by molar-refractivity contribution is 5.91. The summed E-state index contributed by atoms with van der Waals surface area (Å²) in [4.78, 5) is 20.8. The molecule has 0 saturated carbocycles.